The number of carbonyl (C=O) groups is 2. The first-order valence-corrected chi connectivity index (χ1v) is 9.55. The van der Waals surface area contributed by atoms with Gasteiger partial charge in [-0.15, -0.1) is 10.2 Å². The Balaban J connectivity index is 1.92. The third-order valence-electron chi connectivity index (χ3n) is 4.16. The van der Waals surface area contributed by atoms with Crippen molar-refractivity contribution >= 4 is 28.3 Å². The quantitative estimate of drug-likeness (QED) is 0.883. The van der Waals surface area contributed by atoms with Crippen LogP contribution in [-0.2, 0) is 16.0 Å². The second-order valence-electron chi connectivity index (χ2n) is 7.43. The average molecular weight is 353 g/mol. The molecule has 2 amide bonds. The molecule has 1 atom stereocenters. The van der Waals surface area contributed by atoms with Gasteiger partial charge in [-0.3, -0.25) is 9.59 Å². The molecular weight excluding hydrogens is 324 g/mol. The number of aromatic nitrogens is 2. The van der Waals surface area contributed by atoms with Gasteiger partial charge in [0.05, 0.1) is 5.92 Å². The molecule has 6 nitrogen and oxygen atoms in total. The molecule has 0 radical (unpaired) electrons. The van der Waals surface area contributed by atoms with E-state index in [1.54, 1.807) is 0 Å². The molecule has 24 heavy (non-hydrogen) atoms. The van der Waals surface area contributed by atoms with Crippen LogP contribution in [0.3, 0.4) is 0 Å². The van der Waals surface area contributed by atoms with Crippen LogP contribution in [0.25, 0.3) is 0 Å². The molecule has 1 aliphatic rings. The van der Waals surface area contributed by atoms with Gasteiger partial charge in [0.1, 0.15) is 5.01 Å². The van der Waals surface area contributed by atoms with Gasteiger partial charge in [-0.1, -0.05) is 45.5 Å². The third-order valence-corrected chi connectivity index (χ3v) is 5.06. The molecule has 134 valence electrons. The fraction of sp³-hybridized carbons (Fsp3) is 0.765. The molecule has 1 unspecified atom stereocenters. The molecule has 1 saturated heterocycles. The van der Waals surface area contributed by atoms with Crippen molar-refractivity contribution in [3.05, 3.63) is 5.01 Å². The molecule has 0 aromatic carbocycles. The number of nitrogens with one attached hydrogen (secondary N) is 1. The van der Waals surface area contributed by atoms with Crippen molar-refractivity contribution in [2.45, 2.75) is 59.8 Å². The average Bonchev–Trinajstić information content (AvgIpc) is 2.98. The van der Waals surface area contributed by atoms with Crippen LogP contribution < -0.4 is 5.32 Å². The molecule has 7 heteroatoms. The first-order valence-electron chi connectivity index (χ1n) is 8.74. The summed E-state index contributed by atoms with van der Waals surface area (Å²) in [5.74, 6) is -0.120. The lowest BCUT2D eigenvalue weighted by Crippen LogP contribution is -2.47. The lowest BCUT2D eigenvalue weighted by Gasteiger charge is -2.35. The third kappa shape index (κ3) is 5.00. The predicted molar refractivity (Wildman–Crippen MR) is 95.9 cm³/mol. The summed E-state index contributed by atoms with van der Waals surface area (Å²) in [7, 11) is 0. The fourth-order valence-corrected chi connectivity index (χ4v) is 3.58. The van der Waals surface area contributed by atoms with Gasteiger partial charge in [0.2, 0.25) is 16.9 Å². The minimum absolute atomic E-state index is 0.0559. The van der Waals surface area contributed by atoms with Gasteiger partial charge < -0.3 is 10.2 Å². The van der Waals surface area contributed by atoms with Crippen LogP contribution in [0.15, 0.2) is 0 Å². The zero-order valence-corrected chi connectivity index (χ0v) is 15.9. The minimum Gasteiger partial charge on any atom is -0.341 e. The molecule has 1 aromatic rings. The molecule has 0 spiro atoms. The van der Waals surface area contributed by atoms with Gasteiger partial charge in [-0.25, -0.2) is 0 Å². The molecule has 1 fully saturated rings. The summed E-state index contributed by atoms with van der Waals surface area (Å²) in [6.07, 6.45) is 4.76. The minimum atomic E-state index is -0.411. The Labute approximate surface area is 148 Å². The highest BCUT2D eigenvalue weighted by molar-refractivity contribution is 7.15. The first kappa shape index (κ1) is 18.8. The number of anilines is 1. The van der Waals surface area contributed by atoms with Crippen molar-refractivity contribution in [2.75, 3.05) is 18.4 Å². The van der Waals surface area contributed by atoms with E-state index < -0.39 is 5.41 Å². The number of carbonyl (C=O) groups excluding carboxylic acids is 2. The first-order chi connectivity index (χ1) is 11.3. The number of aryl methyl sites for hydroxylation is 1. The summed E-state index contributed by atoms with van der Waals surface area (Å²) >= 11 is 1.44. The zero-order valence-electron chi connectivity index (χ0n) is 15.1. The van der Waals surface area contributed by atoms with E-state index in [1.165, 1.54) is 11.3 Å². The second-order valence-corrected chi connectivity index (χ2v) is 8.50. The summed E-state index contributed by atoms with van der Waals surface area (Å²) in [5, 5.41) is 12.6. The number of likely N-dealkylation sites (tertiary alicyclic amines) is 1. The number of nitrogens with zero attached hydrogens (tertiary/aromatic N) is 3. The van der Waals surface area contributed by atoms with Crippen LogP contribution in [0.5, 0.6) is 0 Å². The van der Waals surface area contributed by atoms with E-state index in [9.17, 15) is 9.59 Å². The van der Waals surface area contributed by atoms with Crippen molar-refractivity contribution in [2.24, 2.45) is 11.3 Å². The summed E-state index contributed by atoms with van der Waals surface area (Å²) in [5.41, 5.74) is -0.411. The number of rotatable bonds is 5. The van der Waals surface area contributed by atoms with Crippen LogP contribution >= 0.6 is 11.3 Å². The van der Waals surface area contributed by atoms with Gasteiger partial charge in [-0.05, 0) is 19.3 Å². The summed E-state index contributed by atoms with van der Waals surface area (Å²) in [6, 6.07) is 0. The maximum absolute atomic E-state index is 12.5. The second kappa shape index (κ2) is 8.05. The molecule has 0 aliphatic carbocycles. The van der Waals surface area contributed by atoms with E-state index in [2.05, 4.69) is 22.4 Å². The van der Waals surface area contributed by atoms with Gasteiger partial charge in [0.25, 0.3) is 0 Å². The van der Waals surface area contributed by atoms with Crippen molar-refractivity contribution in [3.8, 4) is 0 Å². The predicted octanol–water partition coefficient (Wildman–Crippen LogP) is 3.10. The Kier molecular flexibility index (Phi) is 6.32. The van der Waals surface area contributed by atoms with Crippen molar-refractivity contribution in [1.82, 2.24) is 15.1 Å². The Hall–Kier alpha value is -1.50. The Morgan fingerprint density at radius 1 is 1.33 bits per heavy atom. The maximum Gasteiger partial charge on any atom is 0.231 e. The molecule has 2 heterocycles. The number of hydrogen-bond acceptors (Lipinski definition) is 5. The number of amides is 2. The SMILES string of the molecule is CCCCc1nnc(NC(=O)C2CCCN(C(=O)C(C)(C)C)C2)s1. The molecule has 1 N–H and O–H groups in total. The van der Waals surface area contributed by atoms with Crippen LogP contribution in [0.1, 0.15) is 58.4 Å². The van der Waals surface area contributed by atoms with E-state index in [4.69, 9.17) is 0 Å². The van der Waals surface area contributed by atoms with E-state index in [-0.39, 0.29) is 17.7 Å². The largest absolute Gasteiger partial charge is 0.341 e. The van der Waals surface area contributed by atoms with Crippen LogP contribution in [0.4, 0.5) is 5.13 Å². The molecule has 1 aliphatic heterocycles. The van der Waals surface area contributed by atoms with Crippen molar-refractivity contribution in [3.63, 3.8) is 0 Å². The highest BCUT2D eigenvalue weighted by atomic mass is 32.1. The maximum atomic E-state index is 12.5. The molecule has 1 aromatic heterocycles. The Bertz CT molecular complexity index is 579. The smallest absolute Gasteiger partial charge is 0.231 e. The number of hydrogen-bond donors (Lipinski definition) is 1. The summed E-state index contributed by atoms with van der Waals surface area (Å²) in [4.78, 5) is 26.7. The highest BCUT2D eigenvalue weighted by Crippen LogP contribution is 2.25. The fourth-order valence-electron chi connectivity index (χ4n) is 2.79. The Morgan fingerprint density at radius 2 is 2.08 bits per heavy atom. The number of unbranched alkanes of at least 4 members (excludes halogenated alkanes) is 1. The van der Waals surface area contributed by atoms with Gasteiger partial charge >= 0.3 is 0 Å². The van der Waals surface area contributed by atoms with E-state index in [1.807, 2.05) is 25.7 Å². The molecule has 2 rings (SSSR count). The van der Waals surface area contributed by atoms with Crippen molar-refractivity contribution in [1.29, 1.82) is 0 Å². The summed E-state index contributed by atoms with van der Waals surface area (Å²) < 4.78 is 0. The van der Waals surface area contributed by atoms with Gasteiger partial charge in [-0.2, -0.15) is 0 Å². The van der Waals surface area contributed by atoms with Crippen LogP contribution in [0.2, 0.25) is 0 Å². The summed E-state index contributed by atoms with van der Waals surface area (Å²) in [6.45, 7) is 9.11. The lowest BCUT2D eigenvalue weighted by molar-refractivity contribution is -0.142. The van der Waals surface area contributed by atoms with E-state index in [0.717, 1.165) is 43.7 Å². The lowest BCUT2D eigenvalue weighted by atomic mass is 9.91. The van der Waals surface area contributed by atoms with Gasteiger partial charge in [0, 0.05) is 24.9 Å². The topological polar surface area (TPSA) is 75.2 Å². The zero-order chi connectivity index (χ0) is 17.7. The normalized spacial score (nSPS) is 18.5. The molecular formula is C17H28N4O2S. The number of piperidine rings is 1. The monoisotopic (exact) mass is 352 g/mol. The van der Waals surface area contributed by atoms with E-state index in [0.29, 0.717) is 11.7 Å². The van der Waals surface area contributed by atoms with Crippen LogP contribution in [-0.4, -0.2) is 40.0 Å². The van der Waals surface area contributed by atoms with Crippen molar-refractivity contribution < 1.29 is 9.59 Å². The van der Waals surface area contributed by atoms with Gasteiger partial charge in [0.15, 0.2) is 0 Å². The van der Waals surface area contributed by atoms with E-state index >= 15 is 0 Å². The van der Waals surface area contributed by atoms with Crippen LogP contribution in [0, 0.1) is 11.3 Å². The molecule has 0 bridgehead atoms. The Morgan fingerprint density at radius 3 is 2.75 bits per heavy atom. The standard InChI is InChI=1S/C17H28N4O2S/c1-5-6-9-13-19-20-16(24-13)18-14(22)12-8-7-10-21(11-12)15(23)17(2,3)4/h12H,5-11H2,1-4H3,(H,18,20,22). The highest BCUT2D eigenvalue weighted by Gasteiger charge is 2.33. The molecule has 0 saturated carbocycles.